The quantitative estimate of drug-likeness (QED) is 0.758. The van der Waals surface area contributed by atoms with Gasteiger partial charge in [-0.1, -0.05) is 13.8 Å². The van der Waals surface area contributed by atoms with Gasteiger partial charge in [-0.3, -0.25) is 4.79 Å². The summed E-state index contributed by atoms with van der Waals surface area (Å²) < 4.78 is 12.6. The molecule has 2 bridgehead atoms. The Labute approximate surface area is 109 Å². The lowest BCUT2D eigenvalue weighted by molar-refractivity contribution is -0.172. The summed E-state index contributed by atoms with van der Waals surface area (Å²) >= 11 is 0. The van der Waals surface area contributed by atoms with Gasteiger partial charge in [0.25, 0.3) is 0 Å². The number of rotatable bonds is 2. The topological polar surface area (TPSA) is 35.5 Å². The molecule has 3 heteroatoms. The third-order valence-electron chi connectivity index (χ3n) is 5.29. The Balaban J connectivity index is 1.77. The number of Topliss-reactive ketones (excluding diaryl/α,β-unsaturated/α-hetero) is 1. The maximum Gasteiger partial charge on any atom is 0.132 e. The van der Waals surface area contributed by atoms with Crippen molar-refractivity contribution in [1.82, 2.24) is 0 Å². The smallest absolute Gasteiger partial charge is 0.132 e. The third kappa shape index (κ3) is 1.92. The van der Waals surface area contributed by atoms with Gasteiger partial charge in [0.2, 0.25) is 0 Å². The minimum atomic E-state index is -0.0744. The fourth-order valence-corrected chi connectivity index (χ4v) is 4.17. The molecule has 2 saturated heterocycles. The lowest BCUT2D eigenvalue weighted by atomic mass is 9.70. The molecule has 1 spiro atoms. The van der Waals surface area contributed by atoms with Gasteiger partial charge in [0, 0.05) is 12.8 Å². The molecule has 0 aromatic heterocycles. The van der Waals surface area contributed by atoms with Crippen LogP contribution in [0.15, 0.2) is 0 Å². The second-order valence-electron chi connectivity index (χ2n) is 6.70. The Kier molecular flexibility index (Phi) is 3.02. The van der Waals surface area contributed by atoms with E-state index in [2.05, 4.69) is 13.8 Å². The minimum Gasteiger partial charge on any atom is -0.372 e. The molecule has 6 atom stereocenters. The van der Waals surface area contributed by atoms with Gasteiger partial charge in [-0.15, -0.1) is 0 Å². The fraction of sp³-hybridized carbons (Fsp3) is 0.933. The molecule has 2 heterocycles. The van der Waals surface area contributed by atoms with Crippen molar-refractivity contribution in [3.63, 3.8) is 0 Å². The molecule has 3 rings (SSSR count). The molecule has 0 N–H and O–H groups in total. The van der Waals surface area contributed by atoms with Crippen LogP contribution in [0.4, 0.5) is 0 Å². The van der Waals surface area contributed by atoms with Crippen LogP contribution >= 0.6 is 0 Å². The molecular weight excluding hydrogens is 228 g/mol. The van der Waals surface area contributed by atoms with E-state index in [-0.39, 0.29) is 23.6 Å². The second kappa shape index (κ2) is 4.31. The Morgan fingerprint density at radius 2 is 2.06 bits per heavy atom. The van der Waals surface area contributed by atoms with E-state index >= 15 is 0 Å². The molecule has 0 amide bonds. The van der Waals surface area contributed by atoms with Gasteiger partial charge in [0.1, 0.15) is 5.78 Å². The van der Waals surface area contributed by atoms with Gasteiger partial charge in [0.15, 0.2) is 0 Å². The van der Waals surface area contributed by atoms with Crippen molar-refractivity contribution < 1.29 is 14.3 Å². The summed E-state index contributed by atoms with van der Waals surface area (Å²) in [5.74, 6) is 1.53. The summed E-state index contributed by atoms with van der Waals surface area (Å²) in [7, 11) is 0. The molecule has 1 saturated carbocycles. The molecule has 0 aromatic rings. The Bertz CT molecular complexity index is 354. The van der Waals surface area contributed by atoms with Crippen LogP contribution in [0.25, 0.3) is 0 Å². The van der Waals surface area contributed by atoms with Crippen LogP contribution in [0.3, 0.4) is 0 Å². The third-order valence-corrected chi connectivity index (χ3v) is 5.29. The highest BCUT2D eigenvalue weighted by Crippen LogP contribution is 2.52. The molecular formula is C15H24O3. The first-order valence-corrected chi connectivity index (χ1v) is 7.33. The van der Waals surface area contributed by atoms with Crippen LogP contribution in [0, 0.1) is 11.8 Å². The summed E-state index contributed by atoms with van der Waals surface area (Å²) in [6, 6.07) is 0. The van der Waals surface area contributed by atoms with E-state index in [1.807, 2.05) is 0 Å². The first kappa shape index (κ1) is 12.6. The highest BCUT2D eigenvalue weighted by Gasteiger charge is 2.58. The van der Waals surface area contributed by atoms with Gasteiger partial charge in [-0.25, -0.2) is 0 Å². The average Bonchev–Trinajstić information content (AvgIpc) is 2.60. The number of fused-ring (bicyclic) bond motifs is 1. The Hall–Kier alpha value is -0.410. The van der Waals surface area contributed by atoms with E-state index in [0.717, 1.165) is 25.7 Å². The van der Waals surface area contributed by atoms with Crippen molar-refractivity contribution in [2.75, 3.05) is 0 Å². The molecule has 1 unspecified atom stereocenters. The zero-order chi connectivity index (χ0) is 12.9. The van der Waals surface area contributed by atoms with E-state index in [0.29, 0.717) is 24.4 Å². The summed E-state index contributed by atoms with van der Waals surface area (Å²) in [4.78, 5) is 11.3. The first-order valence-electron chi connectivity index (χ1n) is 7.33. The van der Waals surface area contributed by atoms with E-state index in [1.165, 1.54) is 0 Å². The number of hydrogen-bond donors (Lipinski definition) is 0. The normalized spacial score (nSPS) is 50.9. The average molecular weight is 252 g/mol. The van der Waals surface area contributed by atoms with Crippen LogP contribution in [0.2, 0.25) is 0 Å². The van der Waals surface area contributed by atoms with Gasteiger partial charge in [-0.05, 0) is 38.0 Å². The van der Waals surface area contributed by atoms with Crippen LogP contribution in [-0.4, -0.2) is 29.7 Å². The molecule has 0 radical (unpaired) electrons. The molecule has 102 valence electrons. The molecule has 3 aliphatic rings. The van der Waals surface area contributed by atoms with Crippen molar-refractivity contribution in [2.45, 2.75) is 76.8 Å². The Morgan fingerprint density at radius 1 is 1.28 bits per heavy atom. The van der Waals surface area contributed by atoms with Gasteiger partial charge >= 0.3 is 0 Å². The van der Waals surface area contributed by atoms with Crippen LogP contribution < -0.4 is 0 Å². The largest absolute Gasteiger partial charge is 0.372 e. The van der Waals surface area contributed by atoms with Crippen molar-refractivity contribution in [3.8, 4) is 0 Å². The van der Waals surface area contributed by atoms with Crippen molar-refractivity contribution >= 4 is 5.78 Å². The maximum absolute atomic E-state index is 11.3. The second-order valence-corrected chi connectivity index (χ2v) is 6.70. The number of carbonyl (C=O) groups excluding carboxylic acids is 1. The molecule has 1 aliphatic carbocycles. The van der Waals surface area contributed by atoms with Gasteiger partial charge < -0.3 is 9.47 Å². The number of hydrogen-bond acceptors (Lipinski definition) is 3. The highest BCUT2D eigenvalue weighted by atomic mass is 16.6. The van der Waals surface area contributed by atoms with Crippen molar-refractivity contribution in [1.29, 1.82) is 0 Å². The summed E-state index contributed by atoms with van der Waals surface area (Å²) in [5.41, 5.74) is -0.0744. The van der Waals surface area contributed by atoms with Crippen LogP contribution in [0.5, 0.6) is 0 Å². The summed E-state index contributed by atoms with van der Waals surface area (Å²) in [6.07, 6.45) is 5.52. The molecule has 18 heavy (non-hydrogen) atoms. The van der Waals surface area contributed by atoms with Gasteiger partial charge in [-0.2, -0.15) is 0 Å². The SMILES string of the molecule is CC(=O)C[C@H]1CC[C@@H]2O[C@@H]3C[C@]2(C[C@@H](C)C3C)O1. The Morgan fingerprint density at radius 3 is 2.78 bits per heavy atom. The molecule has 3 nitrogen and oxygen atoms in total. The van der Waals surface area contributed by atoms with Crippen LogP contribution in [0.1, 0.15) is 52.9 Å². The lowest BCUT2D eigenvalue weighted by Gasteiger charge is -2.45. The zero-order valence-corrected chi connectivity index (χ0v) is 11.6. The van der Waals surface area contributed by atoms with Crippen LogP contribution in [-0.2, 0) is 14.3 Å². The van der Waals surface area contributed by atoms with E-state index < -0.39 is 0 Å². The zero-order valence-electron chi connectivity index (χ0n) is 11.6. The molecule has 0 aromatic carbocycles. The maximum atomic E-state index is 11.3. The summed E-state index contributed by atoms with van der Waals surface area (Å²) in [5, 5.41) is 0. The fourth-order valence-electron chi connectivity index (χ4n) is 4.17. The number of carbonyl (C=O) groups is 1. The van der Waals surface area contributed by atoms with E-state index in [9.17, 15) is 4.79 Å². The summed E-state index contributed by atoms with van der Waals surface area (Å²) in [6.45, 7) is 6.27. The predicted octanol–water partition coefficient (Wildman–Crippen LogP) is 2.72. The van der Waals surface area contributed by atoms with E-state index in [4.69, 9.17) is 9.47 Å². The lowest BCUT2D eigenvalue weighted by Crippen LogP contribution is -2.51. The monoisotopic (exact) mass is 252 g/mol. The number of ether oxygens (including phenoxy) is 2. The highest BCUT2D eigenvalue weighted by molar-refractivity contribution is 5.76. The van der Waals surface area contributed by atoms with Gasteiger partial charge in [0.05, 0.1) is 23.9 Å². The van der Waals surface area contributed by atoms with E-state index in [1.54, 1.807) is 6.92 Å². The van der Waals surface area contributed by atoms with Crippen molar-refractivity contribution in [2.24, 2.45) is 11.8 Å². The minimum absolute atomic E-state index is 0.0744. The first-order chi connectivity index (χ1) is 8.50. The standard InChI is InChI=1S/C15H24O3/c1-9-7-15-8-13(11(9)3)17-14(15)5-4-12(18-15)6-10(2)16/h9,11-14H,4-8H2,1-3H3/t9-,11?,12-,13-,14+,15+/m1/s1. The predicted molar refractivity (Wildman–Crippen MR) is 68.4 cm³/mol. The number of ketones is 1. The molecule has 3 fully saturated rings. The molecule has 2 aliphatic heterocycles. The van der Waals surface area contributed by atoms with Crippen molar-refractivity contribution in [3.05, 3.63) is 0 Å².